The molecule has 0 rings (SSSR count). The Morgan fingerprint density at radius 1 is 0.500 bits per heavy atom. The van der Waals surface area contributed by atoms with E-state index in [1.807, 2.05) is 0 Å². The molecule has 0 amide bonds. The lowest BCUT2D eigenvalue weighted by atomic mass is 10.9. The SMILES string of the molecule is CCOS(=O)(=O)[O-].CCOS(=O)(=O)[O-].NC(N)=[NH2+].NC(N)=[NH2+].NC(N)=[NH2+].NC(N)=[NH2+].NC(N)=[NH2+].O=S(=O)([O-])[O-].[F-]. The molecule has 0 radical (unpaired) electrons. The summed E-state index contributed by atoms with van der Waals surface area (Å²) in [5.41, 5.74) is 45.8. The lowest BCUT2D eigenvalue weighted by Gasteiger charge is -2.06. The lowest BCUT2D eigenvalue weighted by molar-refractivity contribution is -0.117. The largest absolute Gasteiger partial charge is 1.00 e. The summed E-state index contributed by atoms with van der Waals surface area (Å²) in [5, 5.41) is 22.9. The van der Waals surface area contributed by atoms with Crippen LogP contribution in [-0.2, 0) is 39.6 Å². The monoisotopic (exact) mass is 665 g/mol. The van der Waals surface area contributed by atoms with Crippen molar-refractivity contribution in [2.75, 3.05) is 13.2 Å². The highest BCUT2D eigenvalue weighted by Crippen LogP contribution is 1.81. The molecule has 0 atom stereocenters. The van der Waals surface area contributed by atoms with E-state index in [4.69, 9.17) is 17.5 Å². The molecule has 0 aromatic carbocycles. The van der Waals surface area contributed by atoms with Gasteiger partial charge in [-0.15, -0.1) is 0 Å². The van der Waals surface area contributed by atoms with Crippen molar-refractivity contribution >= 4 is 61.0 Å². The molecule has 0 aliphatic heterocycles. The third-order valence-corrected chi connectivity index (χ3v) is 1.57. The van der Waals surface area contributed by atoms with Crippen LogP contribution in [0.2, 0.25) is 0 Å². The van der Waals surface area contributed by atoms with Crippen LogP contribution in [0.1, 0.15) is 13.8 Å². The van der Waals surface area contributed by atoms with E-state index in [2.05, 4.69) is 92.7 Å². The zero-order chi connectivity index (χ0) is 34.2. The normalized spacial score (nSPS) is 8.55. The van der Waals surface area contributed by atoms with E-state index < -0.39 is 31.2 Å². The minimum Gasteiger partial charge on any atom is -1.00 e. The third kappa shape index (κ3) is 2420. The first-order valence-electron chi connectivity index (χ1n) is 8.32. The van der Waals surface area contributed by atoms with Crippen molar-refractivity contribution in [3.63, 3.8) is 0 Å². The van der Waals surface area contributed by atoms with Crippen molar-refractivity contribution < 1.29 is 83.6 Å². The van der Waals surface area contributed by atoms with Gasteiger partial charge in [-0.3, -0.25) is 101 Å². The van der Waals surface area contributed by atoms with Gasteiger partial charge in [0.2, 0.25) is 20.8 Å². The summed E-state index contributed by atoms with van der Waals surface area (Å²) in [7, 11) is -14.0. The fourth-order valence-electron chi connectivity index (χ4n) is 0.289. The Morgan fingerprint density at radius 2 is 0.575 bits per heavy atom. The van der Waals surface area contributed by atoms with Gasteiger partial charge in [-0.25, -0.2) is 16.8 Å². The van der Waals surface area contributed by atoms with E-state index in [0.717, 1.165) is 0 Å². The van der Waals surface area contributed by atoms with Gasteiger partial charge in [0.1, 0.15) is 0 Å². The summed E-state index contributed by atoms with van der Waals surface area (Å²) < 4.78 is 98.1. The second kappa shape index (κ2) is 37.0. The topological polar surface area (TPSA) is 601 Å². The van der Waals surface area contributed by atoms with Gasteiger partial charge in [-0.1, -0.05) is 0 Å². The standard InChI is InChI=1S/2C2H6O4S.5CH5N3.FH.H2O4S/c2*1-2-6-7(3,4)5;5*2-1(3)4;;1-5(2,3)4/h2*2H2,1H3,(H,3,4,5);5*(H5,2,3,4);1H;(H2,1,2,3,4). The summed E-state index contributed by atoms with van der Waals surface area (Å²) in [4.78, 5) is 0. The number of halogens is 1. The maximum absolute atomic E-state index is 9.45. The smallest absolute Gasteiger partial charge is 0.336 e. The van der Waals surface area contributed by atoms with E-state index >= 15 is 0 Å². The van der Waals surface area contributed by atoms with Crippen molar-refractivity contribution in [1.29, 1.82) is 0 Å². The van der Waals surface area contributed by atoms with Crippen molar-refractivity contribution in [3.05, 3.63) is 0 Å². The van der Waals surface area contributed by atoms with Crippen LogP contribution < -0.4 is 89.1 Å². The first-order valence-corrected chi connectivity index (χ1v) is 12.3. The highest BCUT2D eigenvalue weighted by atomic mass is 32.3. The zero-order valence-corrected chi connectivity index (χ0v) is 23.5. The summed E-state index contributed by atoms with van der Waals surface area (Å²) in [6, 6.07) is 0. The molecule has 0 aliphatic rings. The van der Waals surface area contributed by atoms with Gasteiger partial charge < -0.3 is 22.9 Å². The minimum absolute atomic E-state index is 0. The number of nitrogens with two attached hydrogens (primary N) is 15. The molecule has 40 heavy (non-hydrogen) atoms. The Bertz CT molecular complexity index is 844. The second-order valence-electron chi connectivity index (χ2n) is 4.54. The molecule has 248 valence electrons. The Hall–Kier alpha value is -4.11. The van der Waals surface area contributed by atoms with Crippen LogP contribution in [0, 0.1) is 0 Å². The number of rotatable bonds is 4. The second-order valence-corrected chi connectivity index (χ2v) is 7.46. The zero-order valence-electron chi connectivity index (χ0n) is 21.1. The highest BCUT2D eigenvalue weighted by molar-refractivity contribution is 7.81. The Morgan fingerprint density at radius 3 is 0.575 bits per heavy atom. The van der Waals surface area contributed by atoms with E-state index in [1.165, 1.54) is 13.8 Å². The van der Waals surface area contributed by atoms with E-state index in [-0.39, 0.29) is 47.7 Å². The molecule has 0 aliphatic carbocycles. The lowest BCUT2D eigenvalue weighted by Crippen LogP contribution is -3.00. The predicted octanol–water partition coefficient (Wildman–Crippen LogP) is -20.3. The molecule has 0 saturated heterocycles. The van der Waals surface area contributed by atoms with Crippen LogP contribution in [-0.4, -0.2) is 86.5 Å². The van der Waals surface area contributed by atoms with Gasteiger partial charge in [0.15, 0.2) is 0 Å². The van der Waals surface area contributed by atoms with Crippen LogP contribution in [0.3, 0.4) is 0 Å². The van der Waals surface area contributed by atoms with Crippen molar-refractivity contribution in [3.8, 4) is 0 Å². The van der Waals surface area contributed by atoms with Crippen molar-refractivity contribution in [2.24, 2.45) is 57.3 Å². The fraction of sp³-hybridized carbons (Fsp3) is 0.444. The van der Waals surface area contributed by atoms with Crippen LogP contribution >= 0.6 is 0 Å². The summed E-state index contributed by atoms with van der Waals surface area (Å²) in [5.74, 6) is -0.417. The molecule has 0 unspecified atom stereocenters. The summed E-state index contributed by atoms with van der Waals surface area (Å²) in [6.07, 6.45) is 0. The average Bonchev–Trinajstić information content (AvgIpc) is 2.48. The molecule has 31 heteroatoms. The molecular weight excluding hydrogens is 625 g/mol. The molecule has 0 heterocycles. The summed E-state index contributed by atoms with van der Waals surface area (Å²) in [6.45, 7) is 2.67. The van der Waals surface area contributed by atoms with Gasteiger partial charge in [0, 0.05) is 10.4 Å². The minimum atomic E-state index is -5.17. The Labute approximate surface area is 229 Å². The van der Waals surface area contributed by atoms with E-state index in [9.17, 15) is 25.9 Å². The molecule has 0 aromatic rings. The van der Waals surface area contributed by atoms with Gasteiger partial charge >= 0.3 is 29.8 Å². The summed E-state index contributed by atoms with van der Waals surface area (Å²) >= 11 is 0. The van der Waals surface area contributed by atoms with Crippen LogP contribution in [0.5, 0.6) is 0 Å². The molecule has 27 nitrogen and oxygen atoms in total. The molecule has 0 spiro atoms. The Balaban J connectivity index is -0.0000000396. The van der Waals surface area contributed by atoms with Crippen LogP contribution in [0.15, 0.2) is 0 Å². The maximum atomic E-state index is 9.45. The van der Waals surface area contributed by atoms with Crippen LogP contribution in [0.25, 0.3) is 0 Å². The van der Waals surface area contributed by atoms with Gasteiger partial charge in [0.25, 0.3) is 0 Å². The van der Waals surface area contributed by atoms with Gasteiger partial charge in [-0.05, 0) is 13.8 Å². The van der Waals surface area contributed by atoms with E-state index in [1.54, 1.807) is 0 Å². The van der Waals surface area contributed by atoms with Crippen molar-refractivity contribution in [1.82, 2.24) is 0 Å². The van der Waals surface area contributed by atoms with E-state index in [0.29, 0.717) is 0 Å². The molecular formula is C9H40FN15O12S3. The molecule has 0 saturated carbocycles. The Kier molecular flexibility index (Phi) is 56.0. The fourth-order valence-corrected chi connectivity index (χ4v) is 0.866. The van der Waals surface area contributed by atoms with Gasteiger partial charge in [-0.2, -0.15) is 0 Å². The first-order chi connectivity index (χ1) is 16.8. The molecule has 0 aromatic heterocycles. The van der Waals surface area contributed by atoms with Crippen LogP contribution in [0.4, 0.5) is 0 Å². The molecule has 30 N–H and O–H groups in total. The number of hydrogen-bond donors (Lipinski definition) is 15. The quantitative estimate of drug-likeness (QED) is 0.0573. The highest BCUT2D eigenvalue weighted by Gasteiger charge is 1.86. The van der Waals surface area contributed by atoms with Gasteiger partial charge in [0.05, 0.1) is 13.2 Å². The first kappa shape index (κ1) is 60.4. The number of hydrogen-bond acceptors (Lipinski definition) is 12. The molecule has 0 fully saturated rings. The van der Waals surface area contributed by atoms with Crippen molar-refractivity contribution in [2.45, 2.75) is 13.8 Å². The predicted molar refractivity (Wildman–Crippen MR) is 130 cm³/mol. The average molecular weight is 666 g/mol. The molecule has 0 bridgehead atoms. The maximum Gasteiger partial charge on any atom is 0.336 e. The third-order valence-electron chi connectivity index (χ3n) is 0.524. The number of guanidine groups is 5.